The Morgan fingerprint density at radius 1 is 0.523 bits per heavy atom. The molecule has 0 saturated carbocycles. The smallest absolute Gasteiger partial charge is 0.235 e. The average molecular weight is 639 g/mol. The van der Waals surface area contributed by atoms with E-state index in [0.29, 0.717) is 12.8 Å². The van der Waals surface area contributed by atoms with Crippen molar-refractivity contribution in [1.29, 1.82) is 0 Å². The summed E-state index contributed by atoms with van der Waals surface area (Å²) in [5.41, 5.74) is 0. The van der Waals surface area contributed by atoms with Gasteiger partial charge in [-0.1, -0.05) is 141 Å². The van der Waals surface area contributed by atoms with Crippen molar-refractivity contribution in [3.63, 3.8) is 0 Å². The number of rotatable bonds is 34. The minimum absolute atomic E-state index is 0.0687. The Kier molecular flexibility index (Phi) is 31.3. The van der Waals surface area contributed by atoms with Crippen molar-refractivity contribution in [2.45, 2.75) is 199 Å². The Morgan fingerprint density at radius 3 is 1.20 bits per heavy atom. The van der Waals surface area contributed by atoms with E-state index >= 15 is 0 Å². The van der Waals surface area contributed by atoms with Gasteiger partial charge in [0.25, 0.3) is 0 Å². The predicted molar refractivity (Wildman–Crippen MR) is 190 cm³/mol. The Hall–Kier alpha value is -0.970. The second-order valence-electron chi connectivity index (χ2n) is 13.0. The number of aliphatic hydroxyl groups is 2. The first kappa shape index (κ1) is 43.0. The molecule has 0 fully saturated rings. The largest absolute Gasteiger partial charge is 0.359 e. The van der Waals surface area contributed by atoms with Crippen molar-refractivity contribution in [2.75, 3.05) is 5.88 Å². The van der Waals surface area contributed by atoms with E-state index < -0.39 is 17.5 Å². The van der Waals surface area contributed by atoms with Crippen molar-refractivity contribution in [3.05, 3.63) is 24.3 Å². The third kappa shape index (κ3) is 25.2. The molecule has 2 N–H and O–H groups in total. The lowest BCUT2D eigenvalue weighted by atomic mass is 9.87. The number of unbranched alkanes of at least 4 members (excludes halogenated alkanes) is 22. The van der Waals surface area contributed by atoms with Gasteiger partial charge in [-0.05, 0) is 64.2 Å². The van der Waals surface area contributed by atoms with Crippen LogP contribution in [0.15, 0.2) is 24.3 Å². The lowest BCUT2D eigenvalue weighted by molar-refractivity contribution is -0.201. The molecule has 0 aliphatic carbocycles. The van der Waals surface area contributed by atoms with E-state index in [1.165, 1.54) is 89.9 Å². The zero-order valence-corrected chi connectivity index (χ0v) is 29.7. The van der Waals surface area contributed by atoms with Gasteiger partial charge in [-0.3, -0.25) is 9.59 Å². The molecule has 0 spiro atoms. The Bertz CT molecular complexity index is 715. The standard InChI is InChI=1S/C39H71ClO4/c1-3-5-7-9-11-13-15-17-19-21-23-25-27-29-31-33-37(41)36(35-40)39(43,44)38(42)34-32-30-28-26-24-22-20-18-16-14-12-10-8-6-4-2/h17-20,36,43-44H,3-16,21-35H2,1-2H3/b19-17-,20-18-. The summed E-state index contributed by atoms with van der Waals surface area (Å²) in [7, 11) is 0. The number of halogens is 1. The van der Waals surface area contributed by atoms with E-state index in [4.69, 9.17) is 11.6 Å². The van der Waals surface area contributed by atoms with Gasteiger partial charge in [0.15, 0.2) is 5.78 Å². The number of Topliss-reactive ketones (excluding diaryl/α,β-unsaturated/α-hetero) is 2. The van der Waals surface area contributed by atoms with Crippen LogP contribution in [0.2, 0.25) is 0 Å². The molecule has 0 aliphatic rings. The molecule has 0 bridgehead atoms. The van der Waals surface area contributed by atoms with Gasteiger partial charge in [0.05, 0.1) is 5.92 Å². The van der Waals surface area contributed by atoms with Crippen LogP contribution in [-0.4, -0.2) is 33.4 Å². The van der Waals surface area contributed by atoms with Crippen molar-refractivity contribution in [1.82, 2.24) is 0 Å². The third-order valence-electron chi connectivity index (χ3n) is 8.79. The summed E-state index contributed by atoms with van der Waals surface area (Å²) < 4.78 is 0. The summed E-state index contributed by atoms with van der Waals surface area (Å²) in [6.45, 7) is 4.50. The Labute approximate surface area is 277 Å². The maximum atomic E-state index is 12.7. The molecule has 4 nitrogen and oxygen atoms in total. The number of carbonyl (C=O) groups is 2. The minimum atomic E-state index is -2.67. The average Bonchev–Trinajstić information content (AvgIpc) is 3.01. The van der Waals surface area contributed by atoms with Crippen LogP contribution in [0.1, 0.15) is 194 Å². The molecule has 0 heterocycles. The van der Waals surface area contributed by atoms with Crippen LogP contribution in [0.3, 0.4) is 0 Å². The summed E-state index contributed by atoms with van der Waals surface area (Å²) in [5, 5.41) is 21.1. The number of hydrogen-bond donors (Lipinski definition) is 2. The number of hydrogen-bond acceptors (Lipinski definition) is 4. The molecule has 0 amide bonds. The molecule has 1 atom stereocenters. The van der Waals surface area contributed by atoms with Gasteiger partial charge in [-0.25, -0.2) is 0 Å². The van der Waals surface area contributed by atoms with E-state index in [1.807, 2.05) is 0 Å². The first-order valence-electron chi connectivity index (χ1n) is 18.8. The molecule has 0 aliphatic heterocycles. The van der Waals surface area contributed by atoms with Gasteiger partial charge < -0.3 is 10.2 Å². The topological polar surface area (TPSA) is 74.6 Å². The van der Waals surface area contributed by atoms with Crippen LogP contribution in [0.5, 0.6) is 0 Å². The summed E-state index contributed by atoms with van der Waals surface area (Å²) in [5.74, 6) is -5.17. The second-order valence-corrected chi connectivity index (χ2v) is 13.3. The zero-order valence-electron chi connectivity index (χ0n) is 29.0. The van der Waals surface area contributed by atoms with Crippen LogP contribution in [0.4, 0.5) is 0 Å². The van der Waals surface area contributed by atoms with E-state index in [2.05, 4.69) is 38.2 Å². The van der Waals surface area contributed by atoms with E-state index in [-0.39, 0.29) is 24.5 Å². The summed E-state index contributed by atoms with van der Waals surface area (Å²) >= 11 is 5.95. The maximum Gasteiger partial charge on any atom is 0.235 e. The van der Waals surface area contributed by atoms with Crippen LogP contribution < -0.4 is 0 Å². The molecule has 258 valence electrons. The van der Waals surface area contributed by atoms with Crippen LogP contribution in [0, 0.1) is 5.92 Å². The second kappa shape index (κ2) is 32.0. The Balaban J connectivity index is 3.89. The molecule has 0 aromatic carbocycles. The minimum Gasteiger partial charge on any atom is -0.359 e. The lowest BCUT2D eigenvalue weighted by Gasteiger charge is -2.27. The van der Waals surface area contributed by atoms with E-state index in [9.17, 15) is 19.8 Å². The fourth-order valence-corrected chi connectivity index (χ4v) is 6.08. The number of allylic oxidation sites excluding steroid dienone is 4. The first-order chi connectivity index (χ1) is 21.4. The van der Waals surface area contributed by atoms with Gasteiger partial charge in [0.1, 0.15) is 5.78 Å². The third-order valence-corrected chi connectivity index (χ3v) is 9.10. The molecule has 44 heavy (non-hydrogen) atoms. The SMILES string of the molecule is CCCCCCCC/C=C\CCCCCCCC(=O)C(CCl)C(O)(O)C(=O)CCCCCCC/C=C\CCCCCCCC. The van der Waals surface area contributed by atoms with Crippen LogP contribution in [-0.2, 0) is 9.59 Å². The summed E-state index contributed by atoms with van der Waals surface area (Å²) in [6.07, 6.45) is 39.9. The molecule has 0 aromatic heterocycles. The number of carbonyl (C=O) groups excluding carboxylic acids is 2. The van der Waals surface area contributed by atoms with Gasteiger partial charge >= 0.3 is 0 Å². The molecular formula is C39H71ClO4. The monoisotopic (exact) mass is 639 g/mol. The molecule has 0 radical (unpaired) electrons. The number of alkyl halides is 1. The molecule has 0 saturated heterocycles. The normalized spacial score (nSPS) is 12.9. The van der Waals surface area contributed by atoms with Crippen molar-refractivity contribution >= 4 is 23.2 Å². The molecule has 0 aromatic rings. The zero-order chi connectivity index (χ0) is 32.6. The number of ketones is 2. The van der Waals surface area contributed by atoms with E-state index in [0.717, 1.165) is 64.2 Å². The molecule has 0 rings (SSSR count). The highest BCUT2D eigenvalue weighted by atomic mass is 35.5. The molecule has 1 unspecified atom stereocenters. The predicted octanol–water partition coefficient (Wildman–Crippen LogP) is 11.7. The lowest BCUT2D eigenvalue weighted by Crippen LogP contribution is -2.50. The fraction of sp³-hybridized carbons (Fsp3) is 0.846. The van der Waals surface area contributed by atoms with Crippen LogP contribution in [0.25, 0.3) is 0 Å². The van der Waals surface area contributed by atoms with Crippen molar-refractivity contribution in [3.8, 4) is 0 Å². The highest BCUT2D eigenvalue weighted by Crippen LogP contribution is 2.24. The molecule has 5 heteroatoms. The maximum absolute atomic E-state index is 12.7. The summed E-state index contributed by atoms with van der Waals surface area (Å²) in [4.78, 5) is 25.3. The highest BCUT2D eigenvalue weighted by molar-refractivity contribution is 6.20. The fourth-order valence-electron chi connectivity index (χ4n) is 5.70. The molecular weight excluding hydrogens is 568 g/mol. The van der Waals surface area contributed by atoms with Gasteiger partial charge in [-0.2, -0.15) is 0 Å². The van der Waals surface area contributed by atoms with Gasteiger partial charge in [0.2, 0.25) is 5.79 Å². The highest BCUT2D eigenvalue weighted by Gasteiger charge is 2.44. The van der Waals surface area contributed by atoms with Gasteiger partial charge in [0, 0.05) is 18.7 Å². The van der Waals surface area contributed by atoms with Gasteiger partial charge in [-0.15, -0.1) is 11.6 Å². The van der Waals surface area contributed by atoms with Crippen molar-refractivity contribution < 1.29 is 19.8 Å². The first-order valence-corrected chi connectivity index (χ1v) is 19.3. The van der Waals surface area contributed by atoms with Crippen molar-refractivity contribution in [2.24, 2.45) is 5.92 Å². The Morgan fingerprint density at radius 2 is 0.841 bits per heavy atom. The van der Waals surface area contributed by atoms with E-state index in [1.54, 1.807) is 0 Å². The quantitative estimate of drug-likeness (QED) is 0.0318. The van der Waals surface area contributed by atoms with Crippen LogP contribution >= 0.6 is 11.6 Å². The summed E-state index contributed by atoms with van der Waals surface area (Å²) in [6, 6.07) is 0.